The molecule has 19 heavy (non-hydrogen) atoms. The van der Waals surface area contributed by atoms with Gasteiger partial charge in [-0.1, -0.05) is 6.07 Å². The standard InChI is InChI=1S/C13H13F3O3/c1-6-3-8-5-9(12(17)18)11(13(14,15)16)19-10(8)4-7(6)2/h3-4,9,11H,5H2,1-2H3,(H,17,18)/t9-,11+/m0/s1. The molecular formula is C13H13F3O3. The summed E-state index contributed by atoms with van der Waals surface area (Å²) in [6.07, 6.45) is -7.16. The summed E-state index contributed by atoms with van der Waals surface area (Å²) in [5.41, 5.74) is 2.22. The predicted molar refractivity (Wildman–Crippen MR) is 61.2 cm³/mol. The number of benzene rings is 1. The fraction of sp³-hybridized carbons (Fsp3) is 0.462. The highest BCUT2D eigenvalue weighted by Crippen LogP contribution is 2.39. The summed E-state index contributed by atoms with van der Waals surface area (Å²) in [6.45, 7) is 3.59. The Labute approximate surface area is 108 Å². The van der Waals surface area contributed by atoms with E-state index in [0.29, 0.717) is 5.56 Å². The lowest BCUT2D eigenvalue weighted by Gasteiger charge is -2.32. The van der Waals surface area contributed by atoms with Crippen molar-refractivity contribution in [3.63, 3.8) is 0 Å². The lowest BCUT2D eigenvalue weighted by atomic mass is 9.88. The minimum atomic E-state index is -4.69. The fourth-order valence-corrected chi connectivity index (χ4v) is 2.19. The highest BCUT2D eigenvalue weighted by molar-refractivity contribution is 5.72. The summed E-state index contributed by atoms with van der Waals surface area (Å²) in [5.74, 6) is -2.97. The molecule has 0 bridgehead atoms. The third-order valence-electron chi connectivity index (χ3n) is 3.38. The Bertz CT molecular complexity index is 523. The first-order valence-electron chi connectivity index (χ1n) is 5.76. The second-order valence-corrected chi connectivity index (χ2v) is 4.77. The van der Waals surface area contributed by atoms with Crippen LogP contribution in [0.1, 0.15) is 16.7 Å². The molecule has 1 aliphatic rings. The van der Waals surface area contributed by atoms with Crippen LogP contribution >= 0.6 is 0 Å². The number of ether oxygens (including phenoxy) is 1. The fourth-order valence-electron chi connectivity index (χ4n) is 2.19. The number of hydrogen-bond donors (Lipinski definition) is 1. The number of carbonyl (C=O) groups is 1. The molecule has 1 heterocycles. The van der Waals surface area contributed by atoms with E-state index in [2.05, 4.69) is 0 Å². The van der Waals surface area contributed by atoms with Crippen LogP contribution in [-0.2, 0) is 11.2 Å². The summed E-state index contributed by atoms with van der Waals surface area (Å²) in [4.78, 5) is 11.0. The van der Waals surface area contributed by atoms with Gasteiger partial charge in [0.15, 0.2) is 0 Å². The van der Waals surface area contributed by atoms with E-state index in [1.807, 2.05) is 6.92 Å². The Balaban J connectivity index is 2.45. The smallest absolute Gasteiger partial charge is 0.426 e. The van der Waals surface area contributed by atoms with Crippen LogP contribution in [0.2, 0.25) is 0 Å². The first-order chi connectivity index (χ1) is 8.70. The number of fused-ring (bicyclic) bond motifs is 1. The third kappa shape index (κ3) is 2.52. The zero-order valence-corrected chi connectivity index (χ0v) is 10.4. The SMILES string of the molecule is Cc1cc2c(cc1C)O[C@@H](C(F)(F)F)[C@@H](C(=O)O)C2. The topological polar surface area (TPSA) is 46.5 Å². The van der Waals surface area contributed by atoms with Gasteiger partial charge in [-0.05, 0) is 43.0 Å². The number of carboxylic acid groups (broad SMARTS) is 1. The van der Waals surface area contributed by atoms with Gasteiger partial charge >= 0.3 is 12.1 Å². The first kappa shape index (κ1) is 13.7. The highest BCUT2D eigenvalue weighted by Gasteiger charge is 2.52. The van der Waals surface area contributed by atoms with Crippen LogP contribution in [0.15, 0.2) is 12.1 Å². The molecule has 0 fully saturated rings. The average Bonchev–Trinajstić information content (AvgIpc) is 2.27. The van der Waals surface area contributed by atoms with Gasteiger partial charge in [0.1, 0.15) is 11.7 Å². The molecule has 1 aliphatic heterocycles. The third-order valence-corrected chi connectivity index (χ3v) is 3.38. The molecule has 0 saturated carbocycles. The van der Waals surface area contributed by atoms with Gasteiger partial charge in [0, 0.05) is 0 Å². The number of aryl methyl sites for hydroxylation is 2. The maximum absolute atomic E-state index is 12.8. The van der Waals surface area contributed by atoms with Crippen LogP contribution in [0, 0.1) is 19.8 Å². The minimum absolute atomic E-state index is 0.128. The van der Waals surface area contributed by atoms with Crippen LogP contribution in [0.25, 0.3) is 0 Å². The normalized spacial score (nSPS) is 22.6. The van der Waals surface area contributed by atoms with E-state index in [1.165, 1.54) is 6.07 Å². The summed E-state index contributed by atoms with van der Waals surface area (Å²) in [7, 11) is 0. The molecule has 104 valence electrons. The average molecular weight is 274 g/mol. The van der Waals surface area contributed by atoms with Crippen molar-refractivity contribution in [1.29, 1.82) is 0 Å². The van der Waals surface area contributed by atoms with Crippen molar-refractivity contribution in [2.45, 2.75) is 32.5 Å². The maximum Gasteiger partial charge on any atom is 0.426 e. The zero-order valence-electron chi connectivity index (χ0n) is 10.4. The van der Waals surface area contributed by atoms with Gasteiger partial charge in [-0.2, -0.15) is 13.2 Å². The van der Waals surface area contributed by atoms with Crippen molar-refractivity contribution in [2.24, 2.45) is 5.92 Å². The molecule has 1 aromatic rings. The van der Waals surface area contributed by atoms with Gasteiger partial charge in [-0.25, -0.2) is 0 Å². The molecule has 6 heteroatoms. The number of alkyl halides is 3. The van der Waals surface area contributed by atoms with Crippen molar-refractivity contribution in [3.05, 3.63) is 28.8 Å². The van der Waals surface area contributed by atoms with E-state index < -0.39 is 24.2 Å². The second kappa shape index (κ2) is 4.43. The number of aliphatic carboxylic acids is 1. The molecule has 1 N–H and O–H groups in total. The molecule has 0 aliphatic carbocycles. The quantitative estimate of drug-likeness (QED) is 0.856. The summed E-state index contributed by atoms with van der Waals surface area (Å²) < 4.78 is 43.4. The Hall–Kier alpha value is -1.72. The van der Waals surface area contributed by atoms with E-state index in [-0.39, 0.29) is 12.2 Å². The number of rotatable bonds is 1. The van der Waals surface area contributed by atoms with Gasteiger partial charge in [0.2, 0.25) is 6.10 Å². The molecule has 0 spiro atoms. The van der Waals surface area contributed by atoms with Crippen molar-refractivity contribution in [3.8, 4) is 5.75 Å². The summed E-state index contributed by atoms with van der Waals surface area (Å²) in [5, 5.41) is 8.94. The van der Waals surface area contributed by atoms with Crippen LogP contribution in [0.4, 0.5) is 13.2 Å². The minimum Gasteiger partial charge on any atom is -0.481 e. The Morgan fingerprint density at radius 1 is 1.32 bits per heavy atom. The van der Waals surface area contributed by atoms with Crippen molar-refractivity contribution >= 4 is 5.97 Å². The molecule has 2 atom stereocenters. The van der Waals surface area contributed by atoms with Gasteiger partial charge in [-0.15, -0.1) is 0 Å². The monoisotopic (exact) mass is 274 g/mol. The van der Waals surface area contributed by atoms with Gasteiger partial charge in [0.05, 0.1) is 0 Å². The molecule has 0 saturated heterocycles. The summed E-state index contributed by atoms with van der Waals surface area (Å²) in [6, 6.07) is 3.22. The van der Waals surface area contributed by atoms with Gasteiger partial charge in [0.25, 0.3) is 0 Å². The van der Waals surface area contributed by atoms with Crippen molar-refractivity contribution < 1.29 is 27.8 Å². The van der Waals surface area contributed by atoms with Crippen LogP contribution < -0.4 is 4.74 Å². The second-order valence-electron chi connectivity index (χ2n) is 4.77. The largest absolute Gasteiger partial charge is 0.481 e. The van der Waals surface area contributed by atoms with Gasteiger partial charge in [-0.3, -0.25) is 4.79 Å². The molecular weight excluding hydrogens is 261 g/mol. The van der Waals surface area contributed by atoms with E-state index in [9.17, 15) is 18.0 Å². The summed E-state index contributed by atoms with van der Waals surface area (Å²) >= 11 is 0. The molecule has 0 amide bonds. The molecule has 3 nitrogen and oxygen atoms in total. The maximum atomic E-state index is 12.8. The number of hydrogen-bond acceptors (Lipinski definition) is 2. The van der Waals surface area contributed by atoms with E-state index in [1.54, 1.807) is 13.0 Å². The van der Waals surface area contributed by atoms with Crippen LogP contribution in [-0.4, -0.2) is 23.4 Å². The Kier molecular flexibility index (Phi) is 3.20. The van der Waals surface area contributed by atoms with E-state index in [0.717, 1.165) is 11.1 Å². The van der Waals surface area contributed by atoms with E-state index in [4.69, 9.17) is 9.84 Å². The molecule has 0 aromatic heterocycles. The predicted octanol–water partition coefficient (Wildman–Crippen LogP) is 2.87. The zero-order chi connectivity index (χ0) is 14.4. The van der Waals surface area contributed by atoms with Crippen molar-refractivity contribution in [2.75, 3.05) is 0 Å². The molecule has 2 rings (SSSR count). The van der Waals surface area contributed by atoms with Gasteiger partial charge < -0.3 is 9.84 Å². The van der Waals surface area contributed by atoms with E-state index >= 15 is 0 Å². The Morgan fingerprint density at radius 3 is 2.42 bits per heavy atom. The lowest BCUT2D eigenvalue weighted by Crippen LogP contribution is -2.47. The number of halogens is 3. The van der Waals surface area contributed by atoms with Crippen LogP contribution in [0.5, 0.6) is 5.75 Å². The first-order valence-corrected chi connectivity index (χ1v) is 5.76. The van der Waals surface area contributed by atoms with Crippen molar-refractivity contribution in [1.82, 2.24) is 0 Å². The molecule has 0 unspecified atom stereocenters. The molecule has 1 aromatic carbocycles. The molecule has 0 radical (unpaired) electrons. The van der Waals surface area contributed by atoms with Crippen LogP contribution in [0.3, 0.4) is 0 Å². The highest BCUT2D eigenvalue weighted by atomic mass is 19.4. The lowest BCUT2D eigenvalue weighted by molar-refractivity contribution is -0.217. The number of carboxylic acids is 1. The Morgan fingerprint density at radius 2 is 1.89 bits per heavy atom.